The van der Waals surface area contributed by atoms with Gasteiger partial charge in [-0.05, 0) is 67.2 Å². The molecule has 0 bridgehead atoms. The molecule has 0 radical (unpaired) electrons. The number of guanidine groups is 1. The van der Waals surface area contributed by atoms with Crippen molar-refractivity contribution in [3.63, 3.8) is 0 Å². The number of carbonyl (C=O) groups excluding carboxylic acids is 2. The van der Waals surface area contributed by atoms with Gasteiger partial charge in [0.1, 0.15) is 5.60 Å². The van der Waals surface area contributed by atoms with E-state index in [2.05, 4.69) is 20.5 Å². The Hall–Kier alpha value is -1.99. The molecule has 0 atom stereocenters. The fourth-order valence-corrected chi connectivity index (χ4v) is 3.25. The summed E-state index contributed by atoms with van der Waals surface area (Å²) in [5.74, 6) is 1.12. The summed E-state index contributed by atoms with van der Waals surface area (Å²) in [6, 6.07) is 0. The lowest BCUT2D eigenvalue weighted by Gasteiger charge is -2.36. The van der Waals surface area contributed by atoms with Gasteiger partial charge in [-0.2, -0.15) is 0 Å². The monoisotopic (exact) mass is 411 g/mol. The summed E-state index contributed by atoms with van der Waals surface area (Å²) in [5, 5.41) is 6.09. The van der Waals surface area contributed by atoms with Gasteiger partial charge in [0.15, 0.2) is 5.96 Å². The normalized spacial score (nSPS) is 16.4. The standard InChI is InChI=1S/C21H41N5O3/c1-9-25(19(28)29-21(5,6)7)15-16-10-12-26(13-11-16)18(22-8)23-14-17(27)24-20(2,3)4/h16H,9-15H2,1-8H3,(H,22,23)(H,24,27). The van der Waals surface area contributed by atoms with Crippen LogP contribution in [0.15, 0.2) is 4.99 Å². The molecular formula is C21H41N5O3. The van der Waals surface area contributed by atoms with Crippen LogP contribution in [0.5, 0.6) is 0 Å². The number of nitrogens with zero attached hydrogens (tertiary/aromatic N) is 3. The van der Waals surface area contributed by atoms with Crippen molar-refractivity contribution in [3.05, 3.63) is 0 Å². The Balaban J connectivity index is 2.49. The number of nitrogens with one attached hydrogen (secondary N) is 2. The van der Waals surface area contributed by atoms with E-state index in [1.165, 1.54) is 0 Å². The van der Waals surface area contributed by atoms with Crippen LogP contribution in [0.4, 0.5) is 4.79 Å². The van der Waals surface area contributed by atoms with E-state index >= 15 is 0 Å². The van der Waals surface area contributed by atoms with Crippen LogP contribution in [-0.4, -0.2) is 78.7 Å². The smallest absolute Gasteiger partial charge is 0.410 e. The maximum atomic E-state index is 12.4. The number of aliphatic imine (C=N–C) groups is 1. The van der Waals surface area contributed by atoms with Crippen LogP contribution < -0.4 is 10.6 Å². The van der Waals surface area contributed by atoms with Crippen LogP contribution >= 0.6 is 0 Å². The maximum absolute atomic E-state index is 12.4. The first kappa shape index (κ1) is 25.0. The van der Waals surface area contributed by atoms with Gasteiger partial charge in [-0.25, -0.2) is 4.79 Å². The van der Waals surface area contributed by atoms with Crippen molar-refractivity contribution in [2.45, 2.75) is 72.4 Å². The van der Waals surface area contributed by atoms with Gasteiger partial charge in [0.2, 0.25) is 5.91 Å². The second-order valence-corrected chi connectivity index (χ2v) is 9.65. The summed E-state index contributed by atoms with van der Waals surface area (Å²) in [7, 11) is 1.73. The molecule has 168 valence electrons. The van der Waals surface area contributed by atoms with Crippen LogP contribution in [0.25, 0.3) is 0 Å². The molecular weight excluding hydrogens is 370 g/mol. The maximum Gasteiger partial charge on any atom is 0.410 e. The van der Waals surface area contributed by atoms with Crippen molar-refractivity contribution in [2.75, 3.05) is 39.8 Å². The first-order chi connectivity index (χ1) is 13.3. The van der Waals surface area contributed by atoms with E-state index in [1.807, 2.05) is 48.5 Å². The van der Waals surface area contributed by atoms with Gasteiger partial charge < -0.3 is 25.2 Å². The molecule has 1 saturated heterocycles. The van der Waals surface area contributed by atoms with E-state index in [1.54, 1.807) is 11.9 Å². The molecule has 0 aromatic carbocycles. The number of hydrogen-bond donors (Lipinski definition) is 2. The zero-order valence-corrected chi connectivity index (χ0v) is 19.6. The van der Waals surface area contributed by atoms with Crippen molar-refractivity contribution in [1.82, 2.24) is 20.4 Å². The molecule has 0 unspecified atom stereocenters. The topological polar surface area (TPSA) is 86.3 Å². The second-order valence-electron chi connectivity index (χ2n) is 9.65. The Morgan fingerprint density at radius 3 is 2.17 bits per heavy atom. The number of hydrogen-bond acceptors (Lipinski definition) is 4. The summed E-state index contributed by atoms with van der Waals surface area (Å²) in [5.41, 5.74) is -0.731. The Morgan fingerprint density at radius 2 is 1.72 bits per heavy atom. The van der Waals surface area contributed by atoms with E-state index in [-0.39, 0.29) is 24.1 Å². The largest absolute Gasteiger partial charge is 0.444 e. The van der Waals surface area contributed by atoms with Crippen LogP contribution in [0.1, 0.15) is 61.3 Å². The molecule has 1 rings (SSSR count). The number of likely N-dealkylation sites (tertiary alicyclic amines) is 1. The molecule has 0 aromatic heterocycles. The third-order valence-corrected chi connectivity index (χ3v) is 4.56. The van der Waals surface area contributed by atoms with Crippen LogP contribution in [-0.2, 0) is 9.53 Å². The number of ether oxygens (including phenoxy) is 1. The zero-order valence-electron chi connectivity index (χ0n) is 19.6. The summed E-state index contributed by atoms with van der Waals surface area (Å²) >= 11 is 0. The van der Waals surface area contributed by atoms with Gasteiger partial charge in [0.05, 0.1) is 6.54 Å². The number of amides is 2. The van der Waals surface area contributed by atoms with E-state index in [9.17, 15) is 9.59 Å². The first-order valence-corrected chi connectivity index (χ1v) is 10.6. The summed E-state index contributed by atoms with van der Waals surface area (Å²) < 4.78 is 5.51. The third-order valence-electron chi connectivity index (χ3n) is 4.56. The van der Waals surface area contributed by atoms with Gasteiger partial charge in [-0.15, -0.1) is 0 Å². The Kier molecular flexibility index (Phi) is 9.23. The van der Waals surface area contributed by atoms with Crippen LogP contribution in [0.2, 0.25) is 0 Å². The summed E-state index contributed by atoms with van der Waals surface area (Å²) in [4.78, 5) is 32.7. The zero-order chi connectivity index (χ0) is 22.2. The third kappa shape index (κ3) is 9.85. The lowest BCUT2D eigenvalue weighted by Crippen LogP contribution is -2.51. The lowest BCUT2D eigenvalue weighted by atomic mass is 9.96. The van der Waals surface area contributed by atoms with Crippen molar-refractivity contribution in [1.29, 1.82) is 0 Å². The summed E-state index contributed by atoms with van der Waals surface area (Å²) in [6.07, 6.45) is 1.69. The van der Waals surface area contributed by atoms with Gasteiger partial charge in [0.25, 0.3) is 0 Å². The highest BCUT2D eigenvalue weighted by Crippen LogP contribution is 2.20. The fourth-order valence-electron chi connectivity index (χ4n) is 3.25. The van der Waals surface area contributed by atoms with Crippen LogP contribution in [0.3, 0.4) is 0 Å². The van der Waals surface area contributed by atoms with Crippen LogP contribution in [0, 0.1) is 5.92 Å². The predicted molar refractivity (Wildman–Crippen MR) is 117 cm³/mol. The molecule has 29 heavy (non-hydrogen) atoms. The summed E-state index contributed by atoms with van der Waals surface area (Å²) in [6.45, 7) is 16.8. The van der Waals surface area contributed by atoms with E-state index < -0.39 is 5.60 Å². The van der Waals surface area contributed by atoms with E-state index in [0.29, 0.717) is 19.0 Å². The molecule has 8 heteroatoms. The molecule has 0 spiro atoms. The molecule has 2 amide bonds. The average molecular weight is 412 g/mol. The van der Waals surface area contributed by atoms with E-state index in [4.69, 9.17) is 4.74 Å². The molecule has 8 nitrogen and oxygen atoms in total. The highest BCUT2D eigenvalue weighted by atomic mass is 16.6. The minimum absolute atomic E-state index is 0.0514. The van der Waals surface area contributed by atoms with E-state index in [0.717, 1.165) is 31.9 Å². The van der Waals surface area contributed by atoms with Crippen molar-refractivity contribution >= 4 is 18.0 Å². The molecule has 0 aromatic rings. The van der Waals surface area contributed by atoms with Crippen molar-refractivity contribution < 1.29 is 14.3 Å². The van der Waals surface area contributed by atoms with Crippen molar-refractivity contribution in [3.8, 4) is 0 Å². The van der Waals surface area contributed by atoms with Gasteiger partial charge in [-0.3, -0.25) is 9.79 Å². The number of carbonyl (C=O) groups is 2. The lowest BCUT2D eigenvalue weighted by molar-refractivity contribution is -0.121. The molecule has 0 saturated carbocycles. The van der Waals surface area contributed by atoms with Gasteiger partial charge >= 0.3 is 6.09 Å². The second kappa shape index (κ2) is 10.7. The molecule has 1 fully saturated rings. The Labute approximate surface area is 176 Å². The molecule has 1 heterocycles. The Morgan fingerprint density at radius 1 is 1.14 bits per heavy atom. The number of piperidine rings is 1. The minimum atomic E-state index is -0.481. The predicted octanol–water partition coefficient (Wildman–Crippen LogP) is 2.45. The quantitative estimate of drug-likeness (QED) is 0.536. The van der Waals surface area contributed by atoms with Gasteiger partial charge in [-0.1, -0.05) is 0 Å². The van der Waals surface area contributed by atoms with Gasteiger partial charge in [0, 0.05) is 38.8 Å². The average Bonchev–Trinajstić information content (AvgIpc) is 2.58. The fraction of sp³-hybridized carbons (Fsp3) is 0.857. The number of rotatable bonds is 5. The minimum Gasteiger partial charge on any atom is -0.444 e. The highest BCUT2D eigenvalue weighted by Gasteiger charge is 2.27. The molecule has 1 aliphatic rings. The highest BCUT2D eigenvalue weighted by molar-refractivity contribution is 5.86. The molecule has 0 aliphatic carbocycles. The SMILES string of the molecule is CCN(CC1CCN(C(=NC)NCC(=O)NC(C)(C)C)CC1)C(=O)OC(C)(C)C. The Bertz CT molecular complexity index is 570. The molecule has 1 aliphatic heterocycles. The van der Waals surface area contributed by atoms with Crippen molar-refractivity contribution in [2.24, 2.45) is 10.9 Å². The molecule has 2 N–H and O–H groups in total. The first-order valence-electron chi connectivity index (χ1n) is 10.6.